The molecule has 6 heteroatoms. The van der Waals surface area contributed by atoms with Crippen LogP contribution < -0.4 is 0 Å². The molecule has 26 heavy (non-hydrogen) atoms. The Morgan fingerprint density at radius 1 is 1.35 bits per heavy atom. The Labute approximate surface area is 163 Å². The molecule has 0 N–H and O–H groups in total. The zero-order valence-corrected chi connectivity index (χ0v) is 16.4. The standard InChI is InChI=1S/C20H21Cl2NO3/c1-20-9-3-4-14(6-8-18(25)26-2)19(20)23(17(24)11-20)12-13-5-7-15(21)16(22)10-13/h5-8,10H,3-4,9,11-12H2,1-2H3. The second-order valence-corrected chi connectivity index (χ2v) is 7.86. The first-order valence-corrected chi connectivity index (χ1v) is 9.33. The first-order chi connectivity index (χ1) is 12.3. The van der Waals surface area contributed by atoms with Gasteiger partial charge in [0.25, 0.3) is 0 Å². The second-order valence-electron chi connectivity index (χ2n) is 7.05. The summed E-state index contributed by atoms with van der Waals surface area (Å²) >= 11 is 12.1. The Balaban J connectivity index is 1.98. The van der Waals surface area contributed by atoms with Crippen LogP contribution in [0.15, 0.2) is 41.6 Å². The van der Waals surface area contributed by atoms with E-state index in [4.69, 9.17) is 23.2 Å². The Morgan fingerprint density at radius 3 is 2.81 bits per heavy atom. The lowest BCUT2D eigenvalue weighted by Crippen LogP contribution is -2.28. The fourth-order valence-corrected chi connectivity index (χ4v) is 4.23. The Hall–Kier alpha value is -1.78. The number of amides is 1. The number of methoxy groups -OCH3 is 1. The third kappa shape index (κ3) is 3.67. The van der Waals surface area contributed by atoms with Crippen molar-refractivity contribution in [2.75, 3.05) is 7.11 Å². The monoisotopic (exact) mass is 393 g/mol. The van der Waals surface area contributed by atoms with Gasteiger partial charge in [-0.05, 0) is 42.5 Å². The molecule has 1 aromatic rings. The summed E-state index contributed by atoms with van der Waals surface area (Å²) in [6.45, 7) is 2.57. The predicted octanol–water partition coefficient (Wildman–Crippen LogP) is 4.90. The third-order valence-electron chi connectivity index (χ3n) is 5.11. The van der Waals surface area contributed by atoms with Crippen molar-refractivity contribution < 1.29 is 14.3 Å². The van der Waals surface area contributed by atoms with E-state index >= 15 is 0 Å². The number of nitrogens with zero attached hydrogens (tertiary/aromatic N) is 1. The van der Waals surface area contributed by atoms with Crippen LogP contribution in [0.25, 0.3) is 0 Å². The quantitative estimate of drug-likeness (QED) is 0.539. The number of carbonyl (C=O) groups excluding carboxylic acids is 2. The summed E-state index contributed by atoms with van der Waals surface area (Å²) in [4.78, 5) is 26.1. The molecule has 1 atom stereocenters. The van der Waals surface area contributed by atoms with Crippen LogP contribution in [0, 0.1) is 5.41 Å². The molecule has 1 aromatic carbocycles. The molecule has 1 fully saturated rings. The number of rotatable bonds is 4. The van der Waals surface area contributed by atoms with Gasteiger partial charge in [0.05, 0.1) is 23.7 Å². The van der Waals surface area contributed by atoms with E-state index in [1.807, 2.05) is 11.0 Å². The van der Waals surface area contributed by atoms with E-state index in [1.165, 1.54) is 13.2 Å². The highest BCUT2D eigenvalue weighted by Crippen LogP contribution is 2.50. The number of allylic oxidation sites excluding steroid dienone is 3. The molecule has 0 bridgehead atoms. The Bertz CT molecular complexity index is 815. The van der Waals surface area contributed by atoms with E-state index < -0.39 is 5.97 Å². The van der Waals surface area contributed by atoms with Gasteiger partial charge in [-0.15, -0.1) is 0 Å². The molecule has 2 aliphatic rings. The largest absolute Gasteiger partial charge is 0.466 e. The highest BCUT2D eigenvalue weighted by Gasteiger charge is 2.46. The molecule has 1 unspecified atom stereocenters. The van der Waals surface area contributed by atoms with Gasteiger partial charge in [0.2, 0.25) is 5.91 Å². The smallest absolute Gasteiger partial charge is 0.330 e. The minimum absolute atomic E-state index is 0.0967. The number of fused-ring (bicyclic) bond motifs is 1. The normalized spacial score (nSPS) is 22.9. The maximum atomic E-state index is 12.8. The first-order valence-electron chi connectivity index (χ1n) is 8.58. The van der Waals surface area contributed by atoms with Gasteiger partial charge >= 0.3 is 5.97 Å². The molecule has 1 aliphatic heterocycles. The van der Waals surface area contributed by atoms with Crippen LogP contribution in [-0.4, -0.2) is 23.9 Å². The Morgan fingerprint density at radius 2 is 2.12 bits per heavy atom. The molecule has 0 saturated carbocycles. The maximum absolute atomic E-state index is 12.8. The third-order valence-corrected chi connectivity index (χ3v) is 5.85. The first kappa shape index (κ1) is 19.0. The van der Waals surface area contributed by atoms with Crippen molar-refractivity contribution in [2.24, 2.45) is 5.41 Å². The molecule has 0 spiro atoms. The number of ether oxygens (including phenoxy) is 1. The van der Waals surface area contributed by atoms with E-state index in [9.17, 15) is 9.59 Å². The van der Waals surface area contributed by atoms with Gasteiger partial charge in [-0.1, -0.05) is 42.3 Å². The summed E-state index contributed by atoms with van der Waals surface area (Å²) in [5.41, 5.74) is 2.77. The van der Waals surface area contributed by atoms with E-state index in [0.717, 1.165) is 36.1 Å². The van der Waals surface area contributed by atoms with Crippen molar-refractivity contribution in [3.63, 3.8) is 0 Å². The van der Waals surface area contributed by atoms with Crippen molar-refractivity contribution >= 4 is 35.1 Å². The Kier molecular flexibility index (Phi) is 5.44. The van der Waals surface area contributed by atoms with Crippen LogP contribution in [0.4, 0.5) is 0 Å². The molecule has 1 amide bonds. The van der Waals surface area contributed by atoms with Gasteiger partial charge in [-0.25, -0.2) is 4.79 Å². The fourth-order valence-electron chi connectivity index (χ4n) is 3.91. The van der Waals surface area contributed by atoms with Crippen molar-refractivity contribution in [3.05, 3.63) is 57.2 Å². The van der Waals surface area contributed by atoms with Gasteiger partial charge in [0.1, 0.15) is 0 Å². The topological polar surface area (TPSA) is 46.6 Å². The molecule has 138 valence electrons. The average molecular weight is 394 g/mol. The van der Waals surface area contributed by atoms with Gasteiger partial charge in [0, 0.05) is 23.6 Å². The molecule has 3 rings (SSSR count). The summed E-state index contributed by atoms with van der Waals surface area (Å²) in [5.74, 6) is -0.301. The van der Waals surface area contributed by atoms with Crippen molar-refractivity contribution in [1.82, 2.24) is 4.90 Å². The molecule has 0 radical (unpaired) electrons. The number of hydrogen-bond donors (Lipinski definition) is 0. The van der Waals surface area contributed by atoms with Gasteiger partial charge in [0.15, 0.2) is 0 Å². The SMILES string of the molecule is COC(=O)C=CC1=C2N(Cc3ccc(Cl)c(Cl)c3)C(=O)CC2(C)CCC1. The van der Waals surface area contributed by atoms with Gasteiger partial charge in [-0.3, -0.25) is 4.79 Å². The summed E-state index contributed by atoms with van der Waals surface area (Å²) in [6.07, 6.45) is 6.49. The predicted molar refractivity (Wildman–Crippen MR) is 102 cm³/mol. The lowest BCUT2D eigenvalue weighted by Gasteiger charge is -2.34. The molecule has 0 aromatic heterocycles. The highest BCUT2D eigenvalue weighted by atomic mass is 35.5. The summed E-state index contributed by atoms with van der Waals surface area (Å²) < 4.78 is 4.69. The number of esters is 1. The van der Waals surface area contributed by atoms with Crippen molar-refractivity contribution in [3.8, 4) is 0 Å². The number of hydrogen-bond acceptors (Lipinski definition) is 3. The molecular weight excluding hydrogens is 373 g/mol. The summed E-state index contributed by atoms with van der Waals surface area (Å²) in [5, 5.41) is 0.966. The van der Waals surface area contributed by atoms with Crippen LogP contribution in [0.5, 0.6) is 0 Å². The van der Waals surface area contributed by atoms with Crippen LogP contribution in [-0.2, 0) is 20.9 Å². The van der Waals surface area contributed by atoms with Gasteiger partial charge in [-0.2, -0.15) is 0 Å². The minimum Gasteiger partial charge on any atom is -0.466 e. The molecule has 1 saturated heterocycles. The number of likely N-dealkylation sites (tertiary alicyclic amines) is 1. The zero-order valence-electron chi connectivity index (χ0n) is 14.9. The van der Waals surface area contributed by atoms with E-state index in [1.54, 1.807) is 18.2 Å². The molecule has 4 nitrogen and oxygen atoms in total. The van der Waals surface area contributed by atoms with Crippen molar-refractivity contribution in [1.29, 1.82) is 0 Å². The van der Waals surface area contributed by atoms with Gasteiger partial charge < -0.3 is 9.64 Å². The molecule has 1 heterocycles. The average Bonchev–Trinajstić information content (AvgIpc) is 2.86. The number of halogens is 2. The van der Waals surface area contributed by atoms with Crippen LogP contribution in [0.1, 0.15) is 38.2 Å². The lowest BCUT2D eigenvalue weighted by atomic mass is 9.74. The van der Waals surface area contributed by atoms with Crippen LogP contribution >= 0.6 is 23.2 Å². The minimum atomic E-state index is -0.397. The molecular formula is C20H21Cl2NO3. The maximum Gasteiger partial charge on any atom is 0.330 e. The number of carbonyl (C=O) groups is 2. The second kappa shape index (κ2) is 7.45. The highest BCUT2D eigenvalue weighted by molar-refractivity contribution is 6.42. The van der Waals surface area contributed by atoms with Crippen LogP contribution in [0.2, 0.25) is 10.0 Å². The van der Waals surface area contributed by atoms with Crippen LogP contribution in [0.3, 0.4) is 0 Å². The zero-order chi connectivity index (χ0) is 18.9. The summed E-state index contributed by atoms with van der Waals surface area (Å²) in [6, 6.07) is 5.41. The summed E-state index contributed by atoms with van der Waals surface area (Å²) in [7, 11) is 1.35. The molecule has 1 aliphatic carbocycles. The fraction of sp³-hybridized carbons (Fsp3) is 0.400. The lowest BCUT2D eigenvalue weighted by molar-refractivity contribution is -0.134. The van der Waals surface area contributed by atoms with E-state index in [2.05, 4.69) is 11.7 Å². The van der Waals surface area contributed by atoms with Crippen molar-refractivity contribution in [2.45, 2.75) is 39.2 Å². The number of benzene rings is 1. The van der Waals surface area contributed by atoms with E-state index in [-0.39, 0.29) is 11.3 Å². The van der Waals surface area contributed by atoms with E-state index in [0.29, 0.717) is 23.0 Å².